The van der Waals surface area contributed by atoms with Gasteiger partial charge in [0.15, 0.2) is 0 Å². The zero-order chi connectivity index (χ0) is 22.0. The van der Waals surface area contributed by atoms with Crippen molar-refractivity contribution in [2.45, 2.75) is 25.8 Å². The summed E-state index contributed by atoms with van der Waals surface area (Å²) < 4.78 is 2.13. The summed E-state index contributed by atoms with van der Waals surface area (Å²) in [4.78, 5) is 37.9. The first-order valence-corrected chi connectivity index (χ1v) is 11.2. The number of aryl methyl sites for hydroxylation is 1. The van der Waals surface area contributed by atoms with E-state index in [1.165, 1.54) is 15.4 Å². The predicted octanol–water partition coefficient (Wildman–Crippen LogP) is 0.972. The molecular weight excluding hydrogens is 392 g/mol. The van der Waals surface area contributed by atoms with Crippen LogP contribution in [0.5, 0.6) is 0 Å². The molecule has 0 aliphatic carbocycles. The quantitative estimate of drug-likeness (QED) is 0.611. The van der Waals surface area contributed by atoms with E-state index in [0.29, 0.717) is 12.4 Å². The van der Waals surface area contributed by atoms with Crippen molar-refractivity contribution >= 4 is 23.6 Å². The summed E-state index contributed by atoms with van der Waals surface area (Å²) in [6.45, 7) is 8.81. The number of urea groups is 1. The van der Waals surface area contributed by atoms with Gasteiger partial charge in [0.1, 0.15) is 6.54 Å². The lowest BCUT2D eigenvalue weighted by Crippen LogP contribution is -2.61. The molecule has 0 aromatic heterocycles. The number of aliphatic imine (C=N–C) groups is 1. The molecule has 8 heteroatoms. The highest BCUT2D eigenvalue weighted by Gasteiger charge is 2.52. The molecule has 0 bridgehead atoms. The van der Waals surface area contributed by atoms with Gasteiger partial charge in [-0.05, 0) is 29.9 Å². The van der Waals surface area contributed by atoms with E-state index in [-0.39, 0.29) is 11.9 Å². The minimum atomic E-state index is -0.504. The maximum absolute atomic E-state index is 13.0. The van der Waals surface area contributed by atoms with E-state index in [1.54, 1.807) is 14.1 Å². The Kier molecular flexibility index (Phi) is 6.48. The molecule has 31 heavy (non-hydrogen) atoms. The molecule has 1 aromatic rings. The van der Waals surface area contributed by atoms with Crippen LogP contribution in [0.3, 0.4) is 0 Å². The third kappa shape index (κ3) is 4.41. The molecule has 3 heterocycles. The number of carbonyl (C=O) groups excluding carboxylic acids is 2. The SMILES string of the molecule is CCN1CCN(CC2=[N+](CCCc3ccccc3)C3C(=O)N(C)C(=O)N(C)C3=N2)CC1. The maximum Gasteiger partial charge on any atom is 0.333 e. The Balaban J connectivity index is 1.53. The van der Waals surface area contributed by atoms with Gasteiger partial charge >= 0.3 is 11.9 Å². The largest absolute Gasteiger partial charge is 0.333 e. The zero-order valence-corrected chi connectivity index (χ0v) is 18.8. The van der Waals surface area contributed by atoms with Crippen LogP contribution in [-0.2, 0) is 11.2 Å². The molecule has 166 valence electrons. The third-order valence-electron chi connectivity index (χ3n) is 6.60. The summed E-state index contributed by atoms with van der Waals surface area (Å²) in [5.74, 6) is 1.28. The summed E-state index contributed by atoms with van der Waals surface area (Å²) in [5, 5.41) is 0. The van der Waals surface area contributed by atoms with E-state index < -0.39 is 6.04 Å². The van der Waals surface area contributed by atoms with Crippen molar-refractivity contribution in [3.8, 4) is 0 Å². The fraction of sp³-hybridized carbons (Fsp3) is 0.565. The normalized spacial score (nSPS) is 22.9. The van der Waals surface area contributed by atoms with Crippen LogP contribution in [0.25, 0.3) is 0 Å². The molecule has 4 rings (SSSR count). The molecule has 1 aromatic carbocycles. The molecule has 1 unspecified atom stereocenters. The van der Waals surface area contributed by atoms with Crippen molar-refractivity contribution in [2.75, 3.05) is 59.9 Å². The van der Waals surface area contributed by atoms with Crippen LogP contribution < -0.4 is 0 Å². The van der Waals surface area contributed by atoms with Gasteiger partial charge in [0.05, 0.1) is 6.54 Å². The van der Waals surface area contributed by atoms with E-state index in [1.807, 2.05) is 6.07 Å². The van der Waals surface area contributed by atoms with Crippen molar-refractivity contribution < 1.29 is 14.2 Å². The van der Waals surface area contributed by atoms with Gasteiger partial charge in [-0.15, -0.1) is 0 Å². The van der Waals surface area contributed by atoms with Crippen molar-refractivity contribution in [3.63, 3.8) is 0 Å². The zero-order valence-electron chi connectivity index (χ0n) is 18.8. The Hall–Kier alpha value is -2.58. The molecule has 3 aliphatic rings. The fourth-order valence-corrected chi connectivity index (χ4v) is 4.60. The van der Waals surface area contributed by atoms with Crippen LogP contribution in [0.4, 0.5) is 4.79 Å². The van der Waals surface area contributed by atoms with Gasteiger partial charge in [-0.3, -0.25) is 19.5 Å². The van der Waals surface area contributed by atoms with Crippen molar-refractivity contribution in [1.29, 1.82) is 0 Å². The average molecular weight is 426 g/mol. The number of rotatable bonds is 7. The molecule has 2 fully saturated rings. The predicted molar refractivity (Wildman–Crippen MR) is 121 cm³/mol. The number of fused-ring (bicyclic) bond motifs is 1. The first kappa shape index (κ1) is 21.6. The van der Waals surface area contributed by atoms with Crippen molar-refractivity contribution in [2.24, 2.45) is 4.99 Å². The molecule has 3 aliphatic heterocycles. The molecule has 8 nitrogen and oxygen atoms in total. The van der Waals surface area contributed by atoms with Crippen molar-refractivity contribution in [1.82, 2.24) is 19.6 Å². The summed E-state index contributed by atoms with van der Waals surface area (Å²) in [5.41, 5.74) is 1.29. The summed E-state index contributed by atoms with van der Waals surface area (Å²) in [7, 11) is 3.27. The highest BCUT2D eigenvalue weighted by Crippen LogP contribution is 2.20. The number of imide groups is 1. The lowest BCUT2D eigenvalue weighted by Gasteiger charge is -2.33. The minimum absolute atomic E-state index is 0.188. The average Bonchev–Trinajstić information content (AvgIpc) is 3.15. The topological polar surface area (TPSA) is 62.5 Å². The Bertz CT molecular complexity index is 889. The monoisotopic (exact) mass is 425 g/mol. The highest BCUT2D eigenvalue weighted by atomic mass is 16.2. The van der Waals surface area contributed by atoms with E-state index in [2.05, 4.69) is 45.6 Å². The van der Waals surface area contributed by atoms with Gasteiger partial charge in [0.25, 0.3) is 17.8 Å². The lowest BCUT2D eigenvalue weighted by atomic mass is 10.1. The summed E-state index contributed by atoms with van der Waals surface area (Å²) in [6, 6.07) is 9.58. The first-order chi connectivity index (χ1) is 15.0. The van der Waals surface area contributed by atoms with Crippen LogP contribution in [0.15, 0.2) is 35.3 Å². The Morgan fingerprint density at radius 2 is 1.68 bits per heavy atom. The van der Waals surface area contributed by atoms with Crippen molar-refractivity contribution in [3.05, 3.63) is 35.9 Å². The van der Waals surface area contributed by atoms with Crippen LogP contribution in [0.1, 0.15) is 18.9 Å². The maximum atomic E-state index is 13.0. The first-order valence-electron chi connectivity index (χ1n) is 11.2. The van der Waals surface area contributed by atoms with Gasteiger partial charge in [-0.25, -0.2) is 9.37 Å². The summed E-state index contributed by atoms with van der Waals surface area (Å²) in [6.07, 6.45) is 1.87. The van der Waals surface area contributed by atoms with Gasteiger partial charge in [0.2, 0.25) is 0 Å². The Labute approximate surface area is 184 Å². The minimum Gasteiger partial charge on any atom is -0.301 e. The van der Waals surface area contributed by atoms with E-state index >= 15 is 0 Å². The van der Waals surface area contributed by atoms with E-state index in [4.69, 9.17) is 4.99 Å². The fourth-order valence-electron chi connectivity index (χ4n) is 4.60. The molecular formula is C23H33N6O2+. The second-order valence-corrected chi connectivity index (χ2v) is 8.52. The number of carbonyl (C=O) groups is 2. The number of likely N-dealkylation sites (N-methyl/N-ethyl adjacent to an activating group) is 3. The number of amidine groups is 2. The third-order valence-corrected chi connectivity index (χ3v) is 6.60. The molecule has 2 saturated heterocycles. The van der Waals surface area contributed by atoms with Crippen LogP contribution >= 0.6 is 0 Å². The van der Waals surface area contributed by atoms with Gasteiger partial charge < -0.3 is 4.90 Å². The molecule has 1 atom stereocenters. The number of piperazine rings is 1. The lowest BCUT2D eigenvalue weighted by molar-refractivity contribution is -0.536. The van der Waals surface area contributed by atoms with Gasteiger partial charge in [-0.1, -0.05) is 37.3 Å². The van der Waals surface area contributed by atoms with Gasteiger partial charge in [-0.2, -0.15) is 0 Å². The van der Waals surface area contributed by atoms with E-state index in [0.717, 1.165) is 57.9 Å². The molecule has 0 N–H and O–H groups in total. The molecule has 0 spiro atoms. The number of hydrogen-bond acceptors (Lipinski definition) is 5. The second kappa shape index (κ2) is 9.28. The Morgan fingerprint density at radius 1 is 1.00 bits per heavy atom. The molecule has 3 amide bonds. The van der Waals surface area contributed by atoms with Crippen LogP contribution in [0, 0.1) is 0 Å². The molecule has 0 radical (unpaired) electrons. The van der Waals surface area contributed by atoms with E-state index in [9.17, 15) is 9.59 Å². The standard InChI is InChI=1S/C23H33N6O2/c1-4-27-13-15-28(16-14-27)17-19-24-21-20(22(30)26(3)23(31)25(21)2)29(19)12-8-11-18-9-6-5-7-10-18/h5-7,9-10,20H,4,8,11-17H2,1-3H3/q+1. The highest BCUT2D eigenvalue weighted by molar-refractivity contribution is 6.23. The number of benzene rings is 1. The van der Waals surface area contributed by atoms with Crippen LogP contribution in [-0.4, -0.2) is 114 Å². The van der Waals surface area contributed by atoms with Crippen LogP contribution in [0.2, 0.25) is 0 Å². The molecule has 0 saturated carbocycles. The summed E-state index contributed by atoms with van der Waals surface area (Å²) >= 11 is 0. The number of amides is 3. The second-order valence-electron chi connectivity index (χ2n) is 8.52. The Morgan fingerprint density at radius 3 is 2.35 bits per heavy atom. The smallest absolute Gasteiger partial charge is 0.301 e. The van der Waals surface area contributed by atoms with Gasteiger partial charge in [0, 0.05) is 40.3 Å². The number of hydrogen-bond donors (Lipinski definition) is 0. The number of nitrogens with zero attached hydrogens (tertiary/aromatic N) is 6.